The van der Waals surface area contributed by atoms with E-state index in [4.69, 9.17) is 11.6 Å². The average Bonchev–Trinajstić information content (AvgIpc) is 2.80. The summed E-state index contributed by atoms with van der Waals surface area (Å²) in [6.07, 6.45) is 2.38. The standard InChI is InChI=1S/C12H17ClN2O2/c1-3-14-7-9(13)6-10(14)11(16)15-5-4-12(2,17)8-15/h6-7,17H,3-5,8H2,1-2H3. The normalized spacial score (nSPS) is 24.4. The van der Waals surface area contributed by atoms with Crippen molar-refractivity contribution in [3.05, 3.63) is 23.0 Å². The van der Waals surface area contributed by atoms with E-state index in [1.54, 1.807) is 24.1 Å². The summed E-state index contributed by atoms with van der Waals surface area (Å²) in [4.78, 5) is 13.9. The van der Waals surface area contributed by atoms with E-state index in [-0.39, 0.29) is 5.91 Å². The maximum atomic E-state index is 12.3. The van der Waals surface area contributed by atoms with E-state index in [1.807, 2.05) is 11.5 Å². The van der Waals surface area contributed by atoms with Crippen LogP contribution in [0.15, 0.2) is 12.3 Å². The van der Waals surface area contributed by atoms with Gasteiger partial charge in [-0.15, -0.1) is 0 Å². The van der Waals surface area contributed by atoms with Crippen LogP contribution in [0.2, 0.25) is 5.02 Å². The summed E-state index contributed by atoms with van der Waals surface area (Å²) in [6.45, 7) is 5.41. The molecule has 1 N–H and O–H groups in total. The van der Waals surface area contributed by atoms with E-state index in [9.17, 15) is 9.90 Å². The molecule has 1 aromatic heterocycles. The number of amides is 1. The molecule has 1 aliphatic rings. The zero-order valence-electron chi connectivity index (χ0n) is 10.1. The third-order valence-electron chi connectivity index (χ3n) is 3.16. The highest BCUT2D eigenvalue weighted by atomic mass is 35.5. The minimum atomic E-state index is -0.761. The van der Waals surface area contributed by atoms with Gasteiger partial charge in [0.1, 0.15) is 5.69 Å². The number of aromatic nitrogens is 1. The van der Waals surface area contributed by atoms with Crippen LogP contribution in [0.25, 0.3) is 0 Å². The summed E-state index contributed by atoms with van der Waals surface area (Å²) in [7, 11) is 0. The van der Waals surface area contributed by atoms with E-state index >= 15 is 0 Å². The number of aliphatic hydroxyl groups is 1. The van der Waals surface area contributed by atoms with Crippen molar-refractivity contribution >= 4 is 17.5 Å². The van der Waals surface area contributed by atoms with Crippen molar-refractivity contribution < 1.29 is 9.90 Å². The van der Waals surface area contributed by atoms with Crippen molar-refractivity contribution in [1.82, 2.24) is 9.47 Å². The molecule has 0 radical (unpaired) electrons. The lowest BCUT2D eigenvalue weighted by Crippen LogP contribution is -2.34. The number of carbonyl (C=O) groups excluding carboxylic acids is 1. The predicted molar refractivity (Wildman–Crippen MR) is 66.3 cm³/mol. The molecule has 2 heterocycles. The van der Waals surface area contributed by atoms with E-state index in [2.05, 4.69) is 0 Å². The molecule has 1 aliphatic heterocycles. The van der Waals surface area contributed by atoms with E-state index in [0.29, 0.717) is 36.8 Å². The quantitative estimate of drug-likeness (QED) is 0.876. The molecule has 5 heteroatoms. The number of likely N-dealkylation sites (tertiary alicyclic amines) is 1. The van der Waals surface area contributed by atoms with E-state index in [1.165, 1.54) is 0 Å². The highest BCUT2D eigenvalue weighted by Crippen LogP contribution is 2.23. The zero-order valence-corrected chi connectivity index (χ0v) is 10.9. The molecule has 1 amide bonds. The van der Waals surface area contributed by atoms with Crippen LogP contribution in [-0.4, -0.2) is 39.2 Å². The molecule has 0 aliphatic carbocycles. The van der Waals surface area contributed by atoms with Crippen molar-refractivity contribution in [2.24, 2.45) is 0 Å². The number of hydrogen-bond acceptors (Lipinski definition) is 2. The molecule has 1 aromatic rings. The van der Waals surface area contributed by atoms with Gasteiger partial charge < -0.3 is 14.6 Å². The summed E-state index contributed by atoms with van der Waals surface area (Å²) < 4.78 is 1.83. The third kappa shape index (κ3) is 2.48. The second-order valence-corrected chi connectivity index (χ2v) is 5.24. The number of rotatable bonds is 2. The molecule has 4 nitrogen and oxygen atoms in total. The van der Waals surface area contributed by atoms with Crippen molar-refractivity contribution in [2.75, 3.05) is 13.1 Å². The van der Waals surface area contributed by atoms with Crippen molar-refractivity contribution in [2.45, 2.75) is 32.4 Å². The van der Waals surface area contributed by atoms with E-state index < -0.39 is 5.60 Å². The van der Waals surface area contributed by atoms with Gasteiger partial charge in [-0.1, -0.05) is 11.6 Å². The summed E-state index contributed by atoms with van der Waals surface area (Å²) >= 11 is 5.91. The molecule has 0 saturated carbocycles. The van der Waals surface area contributed by atoms with Crippen LogP contribution < -0.4 is 0 Å². The molecule has 17 heavy (non-hydrogen) atoms. The number of carbonyl (C=O) groups is 1. The lowest BCUT2D eigenvalue weighted by atomic mass is 10.1. The molecule has 0 aromatic carbocycles. The largest absolute Gasteiger partial charge is 0.388 e. The van der Waals surface area contributed by atoms with Crippen molar-refractivity contribution in [1.29, 1.82) is 0 Å². The lowest BCUT2D eigenvalue weighted by molar-refractivity contribution is 0.0566. The third-order valence-corrected chi connectivity index (χ3v) is 3.37. The summed E-state index contributed by atoms with van der Waals surface area (Å²) in [6, 6.07) is 1.68. The number of β-amino-alcohol motifs (C(OH)–C–C–N with tert-alkyl or cyclic N) is 1. The highest BCUT2D eigenvalue weighted by Gasteiger charge is 2.35. The Morgan fingerprint density at radius 1 is 1.65 bits per heavy atom. The van der Waals surface area contributed by atoms with Crippen LogP contribution in [0.3, 0.4) is 0 Å². The highest BCUT2D eigenvalue weighted by molar-refractivity contribution is 6.31. The first kappa shape index (κ1) is 12.5. The SMILES string of the molecule is CCn1cc(Cl)cc1C(=O)N1CCC(C)(O)C1. The van der Waals surface area contributed by atoms with Crippen molar-refractivity contribution in [3.8, 4) is 0 Å². The zero-order chi connectivity index (χ0) is 12.6. The molecule has 1 fully saturated rings. The Kier molecular flexibility index (Phi) is 3.19. The Bertz CT molecular complexity index is 440. The maximum absolute atomic E-state index is 12.3. The van der Waals surface area contributed by atoms with Gasteiger partial charge in [0.2, 0.25) is 0 Å². The van der Waals surface area contributed by atoms with Gasteiger partial charge in [0.15, 0.2) is 0 Å². The fraction of sp³-hybridized carbons (Fsp3) is 0.583. The topological polar surface area (TPSA) is 45.5 Å². The summed E-state index contributed by atoms with van der Waals surface area (Å²) in [5.41, 5.74) is -0.168. The molecule has 1 atom stereocenters. The number of halogens is 1. The Labute approximate surface area is 106 Å². The van der Waals surface area contributed by atoms with Gasteiger partial charge in [0.05, 0.1) is 10.6 Å². The monoisotopic (exact) mass is 256 g/mol. The fourth-order valence-electron chi connectivity index (χ4n) is 2.20. The van der Waals surface area contributed by atoms with Gasteiger partial charge in [-0.3, -0.25) is 4.79 Å². The predicted octanol–water partition coefficient (Wildman–Crippen LogP) is 1.76. The molecule has 2 rings (SSSR count). The minimum Gasteiger partial charge on any atom is -0.388 e. The van der Waals surface area contributed by atoms with Crippen LogP contribution >= 0.6 is 11.6 Å². The fourth-order valence-corrected chi connectivity index (χ4v) is 2.42. The van der Waals surface area contributed by atoms with Crippen LogP contribution in [-0.2, 0) is 6.54 Å². The molecule has 0 bridgehead atoms. The van der Waals surface area contributed by atoms with Gasteiger partial charge in [-0.2, -0.15) is 0 Å². The molecule has 0 spiro atoms. The lowest BCUT2D eigenvalue weighted by Gasteiger charge is -2.19. The van der Waals surface area contributed by atoms with E-state index in [0.717, 1.165) is 0 Å². The molecular weight excluding hydrogens is 240 g/mol. The second-order valence-electron chi connectivity index (χ2n) is 4.80. The van der Waals surface area contributed by atoms with Gasteiger partial charge in [-0.05, 0) is 26.3 Å². The first-order valence-electron chi connectivity index (χ1n) is 5.80. The second kappa shape index (κ2) is 4.35. The summed E-state index contributed by atoms with van der Waals surface area (Å²) in [5, 5.41) is 10.4. The first-order chi connectivity index (χ1) is 7.93. The number of hydrogen-bond donors (Lipinski definition) is 1. The van der Waals surface area contributed by atoms with Gasteiger partial charge in [0, 0.05) is 25.8 Å². The van der Waals surface area contributed by atoms with Crippen LogP contribution in [0.1, 0.15) is 30.8 Å². The van der Waals surface area contributed by atoms with Gasteiger partial charge in [-0.25, -0.2) is 0 Å². The van der Waals surface area contributed by atoms with Crippen molar-refractivity contribution in [3.63, 3.8) is 0 Å². The first-order valence-corrected chi connectivity index (χ1v) is 6.18. The van der Waals surface area contributed by atoms with Crippen LogP contribution in [0, 0.1) is 0 Å². The summed E-state index contributed by atoms with van der Waals surface area (Å²) in [5.74, 6) is -0.0588. The molecular formula is C12H17ClN2O2. The van der Waals surface area contributed by atoms with Crippen LogP contribution in [0.4, 0.5) is 0 Å². The Balaban J connectivity index is 2.20. The average molecular weight is 257 g/mol. The molecule has 1 unspecified atom stereocenters. The van der Waals surface area contributed by atoms with Crippen LogP contribution in [0.5, 0.6) is 0 Å². The maximum Gasteiger partial charge on any atom is 0.270 e. The smallest absolute Gasteiger partial charge is 0.270 e. The molecule has 1 saturated heterocycles. The Morgan fingerprint density at radius 2 is 2.35 bits per heavy atom. The Morgan fingerprint density at radius 3 is 2.88 bits per heavy atom. The number of aryl methyl sites for hydroxylation is 1. The Hall–Kier alpha value is -1.00. The van der Waals surface area contributed by atoms with Gasteiger partial charge in [0.25, 0.3) is 5.91 Å². The van der Waals surface area contributed by atoms with Gasteiger partial charge >= 0.3 is 0 Å². The number of nitrogens with zero attached hydrogens (tertiary/aromatic N) is 2. The minimum absolute atomic E-state index is 0.0588. The molecule has 94 valence electrons.